The van der Waals surface area contributed by atoms with Gasteiger partial charge in [0.1, 0.15) is 5.75 Å². The van der Waals surface area contributed by atoms with Crippen molar-refractivity contribution in [1.82, 2.24) is 10.4 Å². The number of ether oxygens (including phenoxy) is 1. The van der Waals surface area contributed by atoms with Crippen molar-refractivity contribution < 1.29 is 9.53 Å². The fourth-order valence-electron chi connectivity index (χ4n) is 0.856. The van der Waals surface area contributed by atoms with Crippen LogP contribution in [-0.2, 0) is 4.79 Å². The summed E-state index contributed by atoms with van der Waals surface area (Å²) in [4.78, 5) is 14.6. The summed E-state index contributed by atoms with van der Waals surface area (Å²) in [5, 5.41) is 3.80. The van der Waals surface area contributed by atoms with Crippen molar-refractivity contribution in [1.29, 1.82) is 0 Å². The predicted octanol–water partition coefficient (Wildman–Crippen LogP) is 0.174. The van der Waals surface area contributed by atoms with E-state index in [9.17, 15) is 4.79 Å². The molecule has 16 heavy (non-hydrogen) atoms. The molecule has 7 heteroatoms. The summed E-state index contributed by atoms with van der Waals surface area (Å²) < 4.78 is 4.81. The van der Waals surface area contributed by atoms with Gasteiger partial charge in [0.25, 0.3) is 0 Å². The van der Waals surface area contributed by atoms with E-state index in [0.717, 1.165) is 0 Å². The highest BCUT2D eigenvalue weighted by molar-refractivity contribution is 7.80. The summed E-state index contributed by atoms with van der Waals surface area (Å²) in [7, 11) is 0. The van der Waals surface area contributed by atoms with Crippen molar-refractivity contribution in [2.75, 3.05) is 0 Å². The van der Waals surface area contributed by atoms with Crippen LogP contribution in [0.15, 0.2) is 23.4 Å². The van der Waals surface area contributed by atoms with E-state index in [1.54, 1.807) is 12.1 Å². The third-order valence-corrected chi connectivity index (χ3v) is 1.48. The van der Waals surface area contributed by atoms with E-state index in [1.165, 1.54) is 19.3 Å². The van der Waals surface area contributed by atoms with Gasteiger partial charge in [0, 0.05) is 6.92 Å². The maximum Gasteiger partial charge on any atom is 0.308 e. The van der Waals surface area contributed by atoms with Gasteiger partial charge in [-0.05, 0) is 24.4 Å². The van der Waals surface area contributed by atoms with Crippen molar-refractivity contribution in [3.8, 4) is 5.75 Å². The van der Waals surface area contributed by atoms with Crippen LogP contribution < -0.4 is 15.9 Å². The van der Waals surface area contributed by atoms with E-state index in [0.29, 0.717) is 11.4 Å². The van der Waals surface area contributed by atoms with Gasteiger partial charge >= 0.3 is 5.97 Å². The minimum atomic E-state index is -0.390. The second kappa shape index (κ2) is 5.76. The second-order valence-corrected chi connectivity index (χ2v) is 3.19. The van der Waals surface area contributed by atoms with Crippen LogP contribution in [-0.4, -0.2) is 22.3 Å². The highest BCUT2D eigenvalue weighted by Gasteiger charge is 1.97. The molecule has 0 spiro atoms. The Bertz CT molecular complexity index is 416. The molecule has 0 saturated heterocycles. The molecule has 0 saturated carbocycles. The van der Waals surface area contributed by atoms with Crippen LogP contribution in [0, 0.1) is 0 Å². The van der Waals surface area contributed by atoms with Gasteiger partial charge in [-0.1, -0.05) is 0 Å². The zero-order valence-electron chi connectivity index (χ0n) is 8.51. The van der Waals surface area contributed by atoms with Crippen LogP contribution >= 0.6 is 12.2 Å². The minimum Gasteiger partial charge on any atom is -0.425 e. The third-order valence-electron chi connectivity index (χ3n) is 1.39. The number of hydrogen-bond donors (Lipinski definition) is 2. The molecule has 0 atom stereocenters. The Labute approximate surface area is 97.5 Å². The van der Waals surface area contributed by atoms with E-state index in [1.807, 2.05) is 0 Å². The molecule has 0 radical (unpaired) electrons. The Morgan fingerprint density at radius 3 is 2.94 bits per heavy atom. The van der Waals surface area contributed by atoms with E-state index in [2.05, 4.69) is 27.7 Å². The molecule has 1 aromatic rings. The maximum atomic E-state index is 10.6. The topological polar surface area (TPSA) is 89.6 Å². The number of esters is 1. The van der Waals surface area contributed by atoms with E-state index in [4.69, 9.17) is 10.5 Å². The minimum absolute atomic E-state index is 0.0767. The van der Waals surface area contributed by atoms with E-state index in [-0.39, 0.29) is 5.11 Å². The van der Waals surface area contributed by atoms with Crippen molar-refractivity contribution in [3.63, 3.8) is 0 Å². The number of aromatic nitrogens is 1. The van der Waals surface area contributed by atoms with Crippen molar-refractivity contribution in [3.05, 3.63) is 24.0 Å². The van der Waals surface area contributed by atoms with Crippen molar-refractivity contribution >= 4 is 29.5 Å². The monoisotopic (exact) mass is 238 g/mol. The number of pyridine rings is 1. The Balaban J connectivity index is 2.60. The molecule has 1 rings (SSSR count). The summed E-state index contributed by atoms with van der Waals surface area (Å²) in [5.74, 6) is -0.00896. The second-order valence-electron chi connectivity index (χ2n) is 2.75. The first-order valence-electron chi connectivity index (χ1n) is 4.31. The fourth-order valence-corrected chi connectivity index (χ4v) is 0.909. The number of rotatable bonds is 3. The number of thiocarbonyl (C=S) groups is 1. The van der Waals surface area contributed by atoms with Crippen LogP contribution in [0.2, 0.25) is 0 Å². The van der Waals surface area contributed by atoms with Crippen LogP contribution in [0.25, 0.3) is 0 Å². The Morgan fingerprint density at radius 1 is 1.69 bits per heavy atom. The Hall–Kier alpha value is -2.02. The average Bonchev–Trinajstić information content (AvgIpc) is 2.19. The zero-order chi connectivity index (χ0) is 12.0. The molecular weight excluding hydrogens is 228 g/mol. The quantitative estimate of drug-likeness (QED) is 0.338. The van der Waals surface area contributed by atoms with Gasteiger partial charge in [-0.15, -0.1) is 0 Å². The lowest BCUT2D eigenvalue weighted by molar-refractivity contribution is -0.131. The normalized spacial score (nSPS) is 10.1. The summed E-state index contributed by atoms with van der Waals surface area (Å²) in [5.41, 5.74) is 8.14. The van der Waals surface area contributed by atoms with Gasteiger partial charge < -0.3 is 10.5 Å². The molecule has 0 aliphatic heterocycles. The molecule has 84 valence electrons. The molecule has 0 aromatic carbocycles. The van der Waals surface area contributed by atoms with Crippen LogP contribution in [0.1, 0.15) is 12.6 Å². The fraction of sp³-hybridized carbons (Fsp3) is 0.111. The van der Waals surface area contributed by atoms with Gasteiger partial charge in [-0.2, -0.15) is 5.10 Å². The van der Waals surface area contributed by atoms with Crippen molar-refractivity contribution in [2.24, 2.45) is 10.8 Å². The molecule has 0 bridgehead atoms. The number of nitrogens with one attached hydrogen (secondary N) is 1. The number of carbonyl (C=O) groups is 1. The first-order chi connectivity index (χ1) is 7.58. The molecule has 6 nitrogen and oxygen atoms in total. The SMILES string of the molecule is CC(=O)Oc1ccc(/C=N\NC(N)=S)nc1. The van der Waals surface area contributed by atoms with Gasteiger partial charge in [0.05, 0.1) is 18.1 Å². The zero-order valence-corrected chi connectivity index (χ0v) is 9.32. The summed E-state index contributed by atoms with van der Waals surface area (Å²) in [6, 6.07) is 3.25. The van der Waals surface area contributed by atoms with Crippen LogP contribution in [0.5, 0.6) is 5.75 Å². The summed E-state index contributed by atoms with van der Waals surface area (Å²) >= 11 is 4.55. The molecular formula is C9H10N4O2S. The summed E-state index contributed by atoms with van der Waals surface area (Å²) in [6.45, 7) is 1.32. The smallest absolute Gasteiger partial charge is 0.308 e. The number of carbonyl (C=O) groups excluding carboxylic acids is 1. The highest BCUT2D eigenvalue weighted by atomic mass is 32.1. The van der Waals surface area contributed by atoms with Gasteiger partial charge in [-0.25, -0.2) is 0 Å². The van der Waals surface area contributed by atoms with E-state index < -0.39 is 5.97 Å². The van der Waals surface area contributed by atoms with Crippen LogP contribution in [0.4, 0.5) is 0 Å². The Kier molecular flexibility index (Phi) is 4.34. The van der Waals surface area contributed by atoms with Crippen LogP contribution in [0.3, 0.4) is 0 Å². The molecule has 0 fully saturated rings. The molecule has 0 aliphatic rings. The number of nitrogens with zero attached hydrogens (tertiary/aromatic N) is 2. The molecule has 0 unspecified atom stereocenters. The number of hydrazone groups is 1. The van der Waals surface area contributed by atoms with E-state index >= 15 is 0 Å². The standard InChI is InChI=1S/C9H10N4O2S/c1-6(14)15-8-3-2-7(11-5-8)4-12-13-9(10)16/h2-5H,1H3,(H3,10,13,16)/b12-4-. The van der Waals surface area contributed by atoms with Crippen molar-refractivity contribution in [2.45, 2.75) is 6.92 Å². The molecule has 1 heterocycles. The number of nitrogens with two attached hydrogens (primary N) is 1. The first kappa shape index (κ1) is 12.1. The maximum absolute atomic E-state index is 10.6. The lowest BCUT2D eigenvalue weighted by Crippen LogP contribution is -2.24. The van der Waals surface area contributed by atoms with Gasteiger partial charge in [0.2, 0.25) is 0 Å². The summed E-state index contributed by atoms with van der Waals surface area (Å²) in [6.07, 6.45) is 2.86. The number of hydrogen-bond acceptors (Lipinski definition) is 5. The predicted molar refractivity (Wildman–Crippen MR) is 63.1 cm³/mol. The van der Waals surface area contributed by atoms with Gasteiger partial charge in [-0.3, -0.25) is 15.2 Å². The average molecular weight is 238 g/mol. The lowest BCUT2D eigenvalue weighted by Gasteiger charge is -1.99. The van der Waals surface area contributed by atoms with Gasteiger partial charge in [0.15, 0.2) is 5.11 Å². The first-order valence-corrected chi connectivity index (χ1v) is 4.72. The third kappa shape index (κ3) is 4.47. The highest BCUT2D eigenvalue weighted by Crippen LogP contribution is 2.07. The molecule has 0 aliphatic carbocycles. The Morgan fingerprint density at radius 2 is 2.44 bits per heavy atom. The molecule has 0 amide bonds. The molecule has 1 aromatic heterocycles. The largest absolute Gasteiger partial charge is 0.425 e. The lowest BCUT2D eigenvalue weighted by atomic mass is 10.3. The molecule has 3 N–H and O–H groups in total.